The van der Waals surface area contributed by atoms with E-state index in [9.17, 15) is 26.3 Å². The molecule has 3 aromatic carbocycles. The number of rotatable bonds is 0. The van der Waals surface area contributed by atoms with Gasteiger partial charge < -0.3 is 0 Å². The van der Waals surface area contributed by atoms with Gasteiger partial charge >= 0.3 is 12.4 Å². The van der Waals surface area contributed by atoms with Crippen LogP contribution in [0.1, 0.15) is 11.1 Å². The molecular weight excluding hydrogens is 507 g/mol. The first-order valence-electron chi connectivity index (χ1n) is 8.57. The molecule has 1 nitrogen and oxygen atoms in total. The standard InChI is InChI=1S/C21H10F6IN/c22-20(23,24)19(21(25,26)27)14-7-3-1-5-11(14)12-9-10-16-17(18(12)19)13-6-2-4-8-15(13)29(16)28/h1-10H. The minimum absolute atomic E-state index is 0.0154. The van der Waals surface area contributed by atoms with E-state index < -0.39 is 28.9 Å². The van der Waals surface area contributed by atoms with Gasteiger partial charge in [0.25, 0.3) is 0 Å². The first kappa shape index (κ1) is 18.8. The summed E-state index contributed by atoms with van der Waals surface area (Å²) in [4.78, 5) is 0. The van der Waals surface area contributed by atoms with Crippen molar-refractivity contribution in [1.29, 1.82) is 0 Å². The fourth-order valence-electron chi connectivity index (χ4n) is 4.56. The number of benzene rings is 3. The maximum Gasteiger partial charge on any atom is 0.411 e. The van der Waals surface area contributed by atoms with Crippen LogP contribution in [0.4, 0.5) is 26.3 Å². The topological polar surface area (TPSA) is 4.93 Å². The number of halogens is 7. The van der Waals surface area contributed by atoms with Gasteiger partial charge in [-0.15, -0.1) is 0 Å². The molecule has 0 spiro atoms. The molecule has 0 aliphatic heterocycles. The predicted molar refractivity (Wildman–Crippen MR) is 107 cm³/mol. The molecule has 0 fully saturated rings. The van der Waals surface area contributed by atoms with Crippen molar-refractivity contribution in [2.75, 3.05) is 0 Å². The summed E-state index contributed by atoms with van der Waals surface area (Å²) >= 11 is 1.90. The normalized spacial score (nSPS) is 15.7. The molecule has 4 aromatic rings. The number of para-hydroxylation sites is 1. The Bertz CT molecular complexity index is 1280. The first-order valence-corrected chi connectivity index (χ1v) is 9.53. The van der Waals surface area contributed by atoms with Gasteiger partial charge in [0.15, 0.2) is 0 Å². The molecule has 1 aromatic heterocycles. The Labute approximate surface area is 174 Å². The Morgan fingerprint density at radius 1 is 0.690 bits per heavy atom. The average molecular weight is 517 g/mol. The van der Waals surface area contributed by atoms with E-state index in [-0.39, 0.29) is 16.5 Å². The van der Waals surface area contributed by atoms with Crippen LogP contribution in [0.5, 0.6) is 0 Å². The average Bonchev–Trinajstić information content (AvgIpc) is 3.12. The van der Waals surface area contributed by atoms with E-state index in [1.165, 1.54) is 24.3 Å². The maximum atomic E-state index is 14.5. The van der Waals surface area contributed by atoms with E-state index in [1.807, 2.05) is 22.9 Å². The second kappa shape index (κ2) is 5.68. The van der Waals surface area contributed by atoms with Crippen molar-refractivity contribution >= 4 is 44.7 Å². The lowest BCUT2D eigenvalue weighted by Gasteiger charge is -2.36. The van der Waals surface area contributed by atoms with Crippen LogP contribution in [0.15, 0.2) is 60.7 Å². The highest BCUT2D eigenvalue weighted by atomic mass is 127. The van der Waals surface area contributed by atoms with Crippen LogP contribution in [0.2, 0.25) is 0 Å². The van der Waals surface area contributed by atoms with Crippen LogP contribution in [0.3, 0.4) is 0 Å². The summed E-state index contributed by atoms with van der Waals surface area (Å²) < 4.78 is 88.5. The van der Waals surface area contributed by atoms with Gasteiger partial charge in [-0.25, -0.2) is 0 Å². The van der Waals surface area contributed by atoms with Crippen molar-refractivity contribution in [1.82, 2.24) is 2.78 Å². The Kier molecular flexibility index (Phi) is 3.68. The van der Waals surface area contributed by atoms with Gasteiger partial charge in [0, 0.05) is 10.8 Å². The van der Waals surface area contributed by atoms with Gasteiger partial charge in [-0.05, 0) is 34.4 Å². The number of nitrogens with zero attached hydrogens (tertiary/aromatic N) is 1. The molecule has 0 atom stereocenters. The molecule has 0 N–H and O–H groups in total. The first-order chi connectivity index (χ1) is 13.6. The van der Waals surface area contributed by atoms with E-state index in [1.54, 1.807) is 33.1 Å². The van der Waals surface area contributed by atoms with Crippen LogP contribution in [-0.2, 0) is 5.41 Å². The number of alkyl halides is 6. The number of hydrogen-bond acceptors (Lipinski definition) is 0. The molecule has 8 heteroatoms. The molecule has 1 heterocycles. The zero-order valence-electron chi connectivity index (χ0n) is 14.4. The summed E-state index contributed by atoms with van der Waals surface area (Å²) in [6, 6.07) is 14.4. The molecule has 0 saturated carbocycles. The smallest absolute Gasteiger partial charge is 0.282 e. The zero-order valence-corrected chi connectivity index (χ0v) is 16.5. The molecule has 1 aliphatic rings. The van der Waals surface area contributed by atoms with Crippen molar-refractivity contribution in [2.45, 2.75) is 17.8 Å². The van der Waals surface area contributed by atoms with Crippen LogP contribution in [-0.4, -0.2) is 15.1 Å². The van der Waals surface area contributed by atoms with Crippen molar-refractivity contribution in [2.24, 2.45) is 0 Å². The SMILES string of the molecule is FC(F)(F)C1(C(F)(F)F)c2ccccc2-c2ccc3c(c21)c1ccccc1n3I. The summed E-state index contributed by atoms with van der Waals surface area (Å²) in [7, 11) is 0. The van der Waals surface area contributed by atoms with Crippen LogP contribution < -0.4 is 0 Å². The van der Waals surface area contributed by atoms with Gasteiger partial charge in [0.05, 0.1) is 33.9 Å². The third kappa shape index (κ3) is 2.13. The molecule has 0 bridgehead atoms. The summed E-state index contributed by atoms with van der Waals surface area (Å²) in [5.74, 6) is 0. The highest BCUT2D eigenvalue weighted by Gasteiger charge is 2.75. The highest BCUT2D eigenvalue weighted by Crippen LogP contribution is 2.65. The molecule has 1 aliphatic carbocycles. The summed E-state index contributed by atoms with van der Waals surface area (Å²) in [5, 5.41) is 0.345. The van der Waals surface area contributed by atoms with E-state index >= 15 is 0 Å². The van der Waals surface area contributed by atoms with E-state index in [4.69, 9.17) is 0 Å². The Morgan fingerprint density at radius 2 is 1.31 bits per heavy atom. The zero-order chi connectivity index (χ0) is 20.8. The van der Waals surface area contributed by atoms with Gasteiger partial charge in [-0.1, -0.05) is 48.5 Å². The van der Waals surface area contributed by atoms with Gasteiger partial charge in [0.1, 0.15) is 0 Å². The minimum atomic E-state index is -5.57. The Morgan fingerprint density at radius 3 is 2.00 bits per heavy atom. The van der Waals surface area contributed by atoms with E-state index in [0.29, 0.717) is 16.4 Å². The Balaban J connectivity index is 2.12. The lowest BCUT2D eigenvalue weighted by molar-refractivity contribution is -0.287. The number of hydrogen-bond donors (Lipinski definition) is 0. The van der Waals surface area contributed by atoms with Crippen LogP contribution in [0.25, 0.3) is 32.9 Å². The second-order valence-corrected chi connectivity index (χ2v) is 7.94. The van der Waals surface area contributed by atoms with Crippen LogP contribution in [0, 0.1) is 0 Å². The molecular formula is C21H10F6IN. The van der Waals surface area contributed by atoms with E-state index in [0.717, 1.165) is 6.07 Å². The van der Waals surface area contributed by atoms with Crippen molar-refractivity contribution in [3.8, 4) is 11.1 Å². The molecule has 0 unspecified atom stereocenters. The van der Waals surface area contributed by atoms with Crippen LogP contribution >= 0.6 is 22.9 Å². The summed E-state index contributed by atoms with van der Waals surface area (Å²) in [6.45, 7) is 0. The number of fused-ring (bicyclic) bond motifs is 7. The third-order valence-electron chi connectivity index (χ3n) is 5.63. The third-order valence-corrected chi connectivity index (χ3v) is 6.67. The largest absolute Gasteiger partial charge is 0.411 e. The quantitative estimate of drug-likeness (QED) is 0.170. The van der Waals surface area contributed by atoms with Crippen molar-refractivity contribution < 1.29 is 26.3 Å². The summed E-state index contributed by atoms with van der Waals surface area (Å²) in [6.07, 6.45) is -11.1. The minimum Gasteiger partial charge on any atom is -0.282 e. The number of aromatic nitrogens is 1. The fraction of sp³-hybridized carbons (Fsp3) is 0.143. The molecule has 0 saturated heterocycles. The fourth-order valence-corrected chi connectivity index (χ4v) is 5.38. The Hall–Kier alpha value is -2.23. The van der Waals surface area contributed by atoms with Crippen molar-refractivity contribution in [3.05, 3.63) is 71.8 Å². The lowest BCUT2D eigenvalue weighted by atomic mass is 9.75. The second-order valence-electron chi connectivity index (χ2n) is 6.97. The molecule has 0 amide bonds. The molecule has 0 radical (unpaired) electrons. The maximum absolute atomic E-state index is 14.5. The van der Waals surface area contributed by atoms with Gasteiger partial charge in [0.2, 0.25) is 5.41 Å². The highest BCUT2D eigenvalue weighted by molar-refractivity contribution is 14.1. The predicted octanol–water partition coefficient (Wildman–Crippen LogP) is 7.38. The molecule has 148 valence electrons. The summed E-state index contributed by atoms with van der Waals surface area (Å²) in [5.41, 5.74) is -4.79. The lowest BCUT2D eigenvalue weighted by Crippen LogP contribution is -2.53. The van der Waals surface area contributed by atoms with E-state index in [2.05, 4.69) is 0 Å². The van der Waals surface area contributed by atoms with Crippen molar-refractivity contribution in [3.63, 3.8) is 0 Å². The van der Waals surface area contributed by atoms with Gasteiger partial charge in [-0.3, -0.25) is 2.78 Å². The van der Waals surface area contributed by atoms with Gasteiger partial charge in [-0.2, -0.15) is 26.3 Å². The molecule has 5 rings (SSSR count). The monoisotopic (exact) mass is 517 g/mol. The molecule has 29 heavy (non-hydrogen) atoms.